The number of thioether (sulfide) groups is 1. The lowest BCUT2D eigenvalue weighted by Gasteiger charge is -2.05. The molecule has 1 aromatic carbocycles. The first-order chi connectivity index (χ1) is 11.6. The highest BCUT2D eigenvalue weighted by molar-refractivity contribution is 7.99. The van der Waals surface area contributed by atoms with Crippen molar-refractivity contribution in [1.82, 2.24) is 20.2 Å². The van der Waals surface area contributed by atoms with E-state index in [-0.39, 0.29) is 17.3 Å². The van der Waals surface area contributed by atoms with Crippen molar-refractivity contribution in [2.75, 3.05) is 11.1 Å². The number of H-pyrrole nitrogens is 1. The van der Waals surface area contributed by atoms with Crippen molar-refractivity contribution in [3.63, 3.8) is 0 Å². The fourth-order valence-corrected chi connectivity index (χ4v) is 2.63. The van der Waals surface area contributed by atoms with E-state index in [1.54, 1.807) is 24.5 Å². The molecule has 1 amide bonds. The number of rotatable bonds is 5. The number of nitrogens with zero attached hydrogens (tertiary/aromatic N) is 3. The van der Waals surface area contributed by atoms with Crippen LogP contribution in [-0.2, 0) is 4.79 Å². The number of hydrogen-bond donors (Lipinski definition) is 2. The van der Waals surface area contributed by atoms with E-state index in [4.69, 9.17) is 11.6 Å². The summed E-state index contributed by atoms with van der Waals surface area (Å²) in [4.78, 5) is 20.1. The number of amides is 1. The second kappa shape index (κ2) is 7.41. The molecule has 3 aromatic rings. The molecule has 2 heterocycles. The lowest BCUT2D eigenvalue weighted by Crippen LogP contribution is -2.15. The molecule has 0 aliphatic heterocycles. The number of pyridine rings is 1. The quantitative estimate of drug-likeness (QED) is 0.679. The normalized spacial score (nSPS) is 10.6. The molecule has 0 bridgehead atoms. The fourth-order valence-electron chi connectivity index (χ4n) is 1.86. The van der Waals surface area contributed by atoms with E-state index in [2.05, 4.69) is 25.5 Å². The number of hydrogen-bond acceptors (Lipinski definition) is 5. The first-order valence-corrected chi connectivity index (χ1v) is 8.18. The summed E-state index contributed by atoms with van der Waals surface area (Å²) in [7, 11) is 0. The van der Waals surface area contributed by atoms with Gasteiger partial charge in [-0.3, -0.25) is 14.9 Å². The molecule has 6 nitrogen and oxygen atoms in total. The maximum Gasteiger partial charge on any atom is 0.234 e. The molecule has 0 radical (unpaired) electrons. The zero-order valence-electron chi connectivity index (χ0n) is 12.2. The molecule has 0 spiro atoms. The van der Waals surface area contributed by atoms with Crippen LogP contribution in [0.2, 0.25) is 5.02 Å². The Labute approximate surface area is 145 Å². The molecule has 0 saturated heterocycles. The van der Waals surface area contributed by atoms with Crippen LogP contribution >= 0.6 is 23.4 Å². The van der Waals surface area contributed by atoms with E-state index >= 15 is 0 Å². The Bertz CT molecular complexity index is 858. The molecule has 3 rings (SSSR count). The highest BCUT2D eigenvalue weighted by Gasteiger charge is 2.11. The van der Waals surface area contributed by atoms with E-state index in [1.807, 2.05) is 0 Å². The average Bonchev–Trinajstić information content (AvgIpc) is 3.06. The summed E-state index contributed by atoms with van der Waals surface area (Å²) in [6.45, 7) is 0. The van der Waals surface area contributed by atoms with Gasteiger partial charge in [-0.1, -0.05) is 23.4 Å². The molecule has 9 heteroatoms. The lowest BCUT2D eigenvalue weighted by atomic mass is 10.3. The summed E-state index contributed by atoms with van der Waals surface area (Å²) in [5.41, 5.74) is 0.885. The van der Waals surface area contributed by atoms with Crippen LogP contribution in [0.1, 0.15) is 0 Å². The molecule has 24 heavy (non-hydrogen) atoms. The van der Waals surface area contributed by atoms with Gasteiger partial charge in [-0.25, -0.2) is 9.37 Å². The Morgan fingerprint density at radius 2 is 2.08 bits per heavy atom. The van der Waals surface area contributed by atoms with E-state index in [0.29, 0.717) is 16.0 Å². The van der Waals surface area contributed by atoms with E-state index in [9.17, 15) is 9.18 Å². The second-order valence-corrected chi connectivity index (χ2v) is 6.04. The number of carbonyl (C=O) groups excluding carboxylic acids is 1. The van der Waals surface area contributed by atoms with Gasteiger partial charge in [0, 0.05) is 23.0 Å². The molecule has 2 aromatic heterocycles. The van der Waals surface area contributed by atoms with Crippen molar-refractivity contribution in [3.8, 4) is 11.4 Å². The number of aromatic nitrogens is 4. The fraction of sp³-hybridized carbons (Fsp3) is 0.0667. The molecule has 0 saturated carbocycles. The maximum absolute atomic E-state index is 13.6. The zero-order chi connectivity index (χ0) is 16.9. The monoisotopic (exact) mass is 363 g/mol. The molecule has 122 valence electrons. The predicted molar refractivity (Wildman–Crippen MR) is 90.4 cm³/mol. The van der Waals surface area contributed by atoms with Gasteiger partial charge in [0.25, 0.3) is 0 Å². The maximum atomic E-state index is 13.6. The van der Waals surface area contributed by atoms with Crippen LogP contribution in [-0.4, -0.2) is 31.8 Å². The van der Waals surface area contributed by atoms with Crippen LogP contribution in [0, 0.1) is 5.82 Å². The van der Waals surface area contributed by atoms with Crippen LogP contribution in [0.5, 0.6) is 0 Å². The Kier molecular flexibility index (Phi) is 5.07. The summed E-state index contributed by atoms with van der Waals surface area (Å²) in [6.07, 6.45) is 3.30. The SMILES string of the molecule is O=C(CSc1n[nH]c(-c2ccncc2)n1)Nc1cc(Cl)ccc1F. The highest BCUT2D eigenvalue weighted by Crippen LogP contribution is 2.21. The summed E-state index contributed by atoms with van der Waals surface area (Å²) in [5, 5.41) is 10.1. The van der Waals surface area contributed by atoms with Gasteiger partial charge in [-0.05, 0) is 30.3 Å². The number of benzene rings is 1. The van der Waals surface area contributed by atoms with Crippen molar-refractivity contribution >= 4 is 35.0 Å². The van der Waals surface area contributed by atoms with Crippen molar-refractivity contribution < 1.29 is 9.18 Å². The Morgan fingerprint density at radius 1 is 1.29 bits per heavy atom. The first kappa shape index (κ1) is 16.4. The smallest absolute Gasteiger partial charge is 0.234 e. The van der Waals surface area contributed by atoms with E-state index in [1.165, 1.54) is 18.2 Å². The van der Waals surface area contributed by atoms with Crippen LogP contribution in [0.25, 0.3) is 11.4 Å². The van der Waals surface area contributed by atoms with Gasteiger partial charge in [-0.2, -0.15) is 0 Å². The van der Waals surface area contributed by atoms with Crippen molar-refractivity contribution in [3.05, 3.63) is 53.6 Å². The molecule has 0 atom stereocenters. The van der Waals surface area contributed by atoms with Crippen molar-refractivity contribution in [1.29, 1.82) is 0 Å². The molecule has 0 fully saturated rings. The number of carbonyl (C=O) groups is 1. The standard InChI is InChI=1S/C15H11ClFN5OS/c16-10-1-2-11(17)12(7-10)19-13(23)8-24-15-20-14(21-22-15)9-3-5-18-6-4-9/h1-7H,8H2,(H,19,23)(H,20,21,22). The van der Waals surface area contributed by atoms with Crippen LogP contribution < -0.4 is 5.32 Å². The van der Waals surface area contributed by atoms with Gasteiger partial charge in [0.05, 0.1) is 11.4 Å². The largest absolute Gasteiger partial charge is 0.323 e. The minimum atomic E-state index is -0.546. The first-order valence-electron chi connectivity index (χ1n) is 6.82. The van der Waals surface area contributed by atoms with Crippen molar-refractivity contribution in [2.24, 2.45) is 0 Å². The third kappa shape index (κ3) is 4.09. The Hall–Kier alpha value is -2.45. The minimum absolute atomic E-state index is 0.0413. The summed E-state index contributed by atoms with van der Waals surface area (Å²) < 4.78 is 13.6. The Morgan fingerprint density at radius 3 is 2.88 bits per heavy atom. The number of anilines is 1. The van der Waals surface area contributed by atoms with Gasteiger partial charge in [0.15, 0.2) is 5.82 Å². The van der Waals surface area contributed by atoms with Gasteiger partial charge in [-0.15, -0.1) is 5.10 Å². The average molecular weight is 364 g/mol. The third-order valence-electron chi connectivity index (χ3n) is 2.95. The topological polar surface area (TPSA) is 83.6 Å². The van der Waals surface area contributed by atoms with Crippen LogP contribution in [0.3, 0.4) is 0 Å². The Balaban J connectivity index is 1.59. The summed E-state index contributed by atoms with van der Waals surface area (Å²) in [5.74, 6) is -0.298. The third-order valence-corrected chi connectivity index (χ3v) is 4.04. The molecule has 0 unspecified atom stereocenters. The van der Waals surface area contributed by atoms with Crippen molar-refractivity contribution in [2.45, 2.75) is 5.16 Å². The van der Waals surface area contributed by atoms with Gasteiger partial charge in [0.1, 0.15) is 5.82 Å². The van der Waals surface area contributed by atoms with Crippen LogP contribution in [0.4, 0.5) is 10.1 Å². The zero-order valence-corrected chi connectivity index (χ0v) is 13.7. The van der Waals surface area contributed by atoms with Gasteiger partial charge in [0.2, 0.25) is 11.1 Å². The van der Waals surface area contributed by atoms with Crippen LogP contribution in [0.15, 0.2) is 47.9 Å². The summed E-state index contributed by atoms with van der Waals surface area (Å²) >= 11 is 6.92. The second-order valence-electron chi connectivity index (χ2n) is 4.66. The van der Waals surface area contributed by atoms with Gasteiger partial charge >= 0.3 is 0 Å². The molecular formula is C15H11ClFN5OS. The minimum Gasteiger partial charge on any atom is -0.323 e. The lowest BCUT2D eigenvalue weighted by molar-refractivity contribution is -0.113. The molecule has 0 aliphatic carbocycles. The molecular weight excluding hydrogens is 353 g/mol. The number of nitrogens with one attached hydrogen (secondary N) is 2. The number of halogens is 2. The highest BCUT2D eigenvalue weighted by atomic mass is 35.5. The van der Waals surface area contributed by atoms with Gasteiger partial charge < -0.3 is 5.32 Å². The van der Waals surface area contributed by atoms with E-state index < -0.39 is 5.82 Å². The molecule has 2 N–H and O–H groups in total. The molecule has 0 aliphatic rings. The summed E-state index contributed by atoms with van der Waals surface area (Å²) in [6, 6.07) is 7.55. The number of aromatic amines is 1. The van der Waals surface area contributed by atoms with E-state index in [0.717, 1.165) is 17.3 Å². The predicted octanol–water partition coefficient (Wildman–Crippen LogP) is 3.39.